The van der Waals surface area contributed by atoms with Gasteiger partial charge in [-0.3, -0.25) is 4.68 Å². The van der Waals surface area contributed by atoms with Gasteiger partial charge >= 0.3 is 0 Å². The highest BCUT2D eigenvalue weighted by Crippen LogP contribution is 2.19. The normalized spacial score (nSPS) is 10.7. The van der Waals surface area contributed by atoms with Crippen molar-refractivity contribution in [2.24, 2.45) is 7.05 Å². The summed E-state index contributed by atoms with van der Waals surface area (Å²) < 4.78 is 6.85. The molecule has 0 amide bonds. The lowest BCUT2D eigenvalue weighted by Gasteiger charge is -2.00. The molecule has 0 atom stereocenters. The predicted molar refractivity (Wildman–Crippen MR) is 49.8 cm³/mol. The molecule has 68 valence electrons. The van der Waals surface area contributed by atoms with Crippen LogP contribution in [0.2, 0.25) is 0 Å². The number of aromatic nitrogens is 3. The third-order valence-corrected chi connectivity index (χ3v) is 1.95. The van der Waals surface area contributed by atoms with E-state index in [1.54, 1.807) is 11.8 Å². The van der Waals surface area contributed by atoms with Crippen LogP contribution in [0.3, 0.4) is 0 Å². The van der Waals surface area contributed by atoms with Crippen molar-refractivity contribution in [3.8, 4) is 5.88 Å². The van der Waals surface area contributed by atoms with Crippen molar-refractivity contribution in [2.75, 3.05) is 7.11 Å². The Balaban J connectivity index is 2.72. The monoisotopic (exact) mass is 177 g/mol. The minimum Gasteiger partial charge on any atom is -0.481 e. The number of rotatable bonds is 1. The van der Waals surface area contributed by atoms with E-state index in [4.69, 9.17) is 4.74 Å². The summed E-state index contributed by atoms with van der Waals surface area (Å²) in [5, 5.41) is 5.23. The third kappa shape index (κ3) is 1.24. The fraction of sp³-hybridized carbons (Fsp3) is 0.333. The summed E-state index contributed by atoms with van der Waals surface area (Å²) in [6.45, 7) is 1.97. The molecule has 0 aromatic carbocycles. The van der Waals surface area contributed by atoms with Gasteiger partial charge in [0.25, 0.3) is 0 Å². The number of ether oxygens (including phenoxy) is 1. The molecule has 0 fully saturated rings. The molecule has 0 N–H and O–H groups in total. The fourth-order valence-corrected chi connectivity index (χ4v) is 1.37. The van der Waals surface area contributed by atoms with Crippen LogP contribution in [0.15, 0.2) is 12.3 Å². The zero-order chi connectivity index (χ0) is 9.42. The second-order valence-corrected chi connectivity index (χ2v) is 3.03. The summed E-state index contributed by atoms with van der Waals surface area (Å²) in [6.07, 6.45) is 1.94. The summed E-state index contributed by atoms with van der Waals surface area (Å²) >= 11 is 0. The number of aryl methyl sites for hydroxylation is 2. The summed E-state index contributed by atoms with van der Waals surface area (Å²) in [7, 11) is 3.49. The van der Waals surface area contributed by atoms with Crippen molar-refractivity contribution >= 4 is 11.0 Å². The van der Waals surface area contributed by atoms with Crippen LogP contribution < -0.4 is 4.74 Å². The Morgan fingerprint density at radius 3 is 2.92 bits per heavy atom. The highest BCUT2D eigenvalue weighted by Gasteiger charge is 2.05. The zero-order valence-electron chi connectivity index (χ0n) is 7.90. The van der Waals surface area contributed by atoms with E-state index in [2.05, 4.69) is 10.1 Å². The van der Waals surface area contributed by atoms with E-state index < -0.39 is 0 Å². The van der Waals surface area contributed by atoms with E-state index in [1.807, 2.05) is 26.2 Å². The molecule has 2 aromatic heterocycles. The van der Waals surface area contributed by atoms with Crippen LogP contribution in [0.5, 0.6) is 5.88 Å². The zero-order valence-corrected chi connectivity index (χ0v) is 7.90. The Bertz CT molecular complexity index is 447. The molecule has 0 aliphatic rings. The number of methoxy groups -OCH3 is 1. The van der Waals surface area contributed by atoms with Gasteiger partial charge < -0.3 is 4.74 Å². The van der Waals surface area contributed by atoms with Crippen molar-refractivity contribution in [2.45, 2.75) is 6.92 Å². The molecule has 0 radical (unpaired) electrons. The Morgan fingerprint density at radius 2 is 2.23 bits per heavy atom. The predicted octanol–water partition coefficient (Wildman–Crippen LogP) is 1.29. The fourth-order valence-electron chi connectivity index (χ4n) is 1.37. The van der Waals surface area contributed by atoms with Gasteiger partial charge in [0.1, 0.15) is 0 Å². The lowest BCUT2D eigenvalue weighted by atomic mass is 10.2. The maximum atomic E-state index is 5.10. The summed E-state index contributed by atoms with van der Waals surface area (Å²) in [6, 6.07) is 2.02. The number of fused-ring (bicyclic) bond motifs is 1. The van der Waals surface area contributed by atoms with Gasteiger partial charge in [-0.2, -0.15) is 10.1 Å². The van der Waals surface area contributed by atoms with Crippen LogP contribution in [0.4, 0.5) is 0 Å². The minimum absolute atomic E-state index is 0.645. The average Bonchev–Trinajstić information content (AvgIpc) is 2.42. The van der Waals surface area contributed by atoms with Crippen molar-refractivity contribution in [1.82, 2.24) is 14.8 Å². The number of hydrogen-bond donors (Lipinski definition) is 0. The van der Waals surface area contributed by atoms with Crippen LogP contribution in [-0.4, -0.2) is 21.9 Å². The van der Waals surface area contributed by atoms with E-state index in [9.17, 15) is 0 Å². The molecular formula is C9H11N3O. The van der Waals surface area contributed by atoms with Gasteiger partial charge in [0.2, 0.25) is 5.88 Å². The average molecular weight is 177 g/mol. The molecule has 0 unspecified atom stereocenters. The highest BCUT2D eigenvalue weighted by molar-refractivity contribution is 5.75. The number of hydrogen-bond acceptors (Lipinski definition) is 3. The maximum Gasteiger partial charge on any atom is 0.218 e. The van der Waals surface area contributed by atoms with E-state index >= 15 is 0 Å². The topological polar surface area (TPSA) is 39.9 Å². The minimum atomic E-state index is 0.645. The van der Waals surface area contributed by atoms with Gasteiger partial charge in [-0.05, 0) is 13.0 Å². The molecule has 0 aliphatic carbocycles. The number of pyridine rings is 1. The first kappa shape index (κ1) is 8.04. The van der Waals surface area contributed by atoms with Crippen molar-refractivity contribution < 1.29 is 4.74 Å². The second kappa shape index (κ2) is 2.73. The Hall–Kier alpha value is -1.58. The smallest absolute Gasteiger partial charge is 0.218 e. The van der Waals surface area contributed by atoms with Crippen LogP contribution in [0, 0.1) is 6.92 Å². The molecule has 0 saturated heterocycles. The summed E-state index contributed by atoms with van der Waals surface area (Å²) in [4.78, 5) is 4.26. The standard InChI is InChI=1S/C9H11N3O/c1-6-4-7-5-12(2)11-8(7)10-9(6)13-3/h4-5H,1-3H3. The largest absolute Gasteiger partial charge is 0.481 e. The van der Waals surface area contributed by atoms with Gasteiger partial charge in [0, 0.05) is 24.2 Å². The lowest BCUT2D eigenvalue weighted by Crippen LogP contribution is -1.91. The Kier molecular flexibility index (Phi) is 1.69. The molecular weight excluding hydrogens is 166 g/mol. The van der Waals surface area contributed by atoms with Crippen LogP contribution >= 0.6 is 0 Å². The summed E-state index contributed by atoms with van der Waals surface area (Å²) in [5.74, 6) is 0.645. The molecule has 2 heterocycles. The molecule has 2 rings (SSSR count). The molecule has 0 bridgehead atoms. The first-order valence-corrected chi connectivity index (χ1v) is 4.05. The molecule has 2 aromatic rings. The highest BCUT2D eigenvalue weighted by atomic mass is 16.5. The van der Waals surface area contributed by atoms with Crippen LogP contribution in [-0.2, 0) is 7.05 Å². The molecule has 0 spiro atoms. The maximum absolute atomic E-state index is 5.10. The SMILES string of the molecule is COc1nc2nn(C)cc2cc1C. The van der Waals surface area contributed by atoms with Crippen LogP contribution in [0.1, 0.15) is 5.56 Å². The number of nitrogens with zero attached hydrogens (tertiary/aromatic N) is 3. The quantitative estimate of drug-likeness (QED) is 0.658. The van der Waals surface area contributed by atoms with Crippen molar-refractivity contribution in [3.05, 3.63) is 17.8 Å². The molecule has 0 aliphatic heterocycles. The van der Waals surface area contributed by atoms with E-state index in [1.165, 1.54) is 0 Å². The second-order valence-electron chi connectivity index (χ2n) is 3.03. The van der Waals surface area contributed by atoms with Crippen molar-refractivity contribution in [3.63, 3.8) is 0 Å². The lowest BCUT2D eigenvalue weighted by molar-refractivity contribution is 0.396. The molecule has 0 saturated carbocycles. The van der Waals surface area contributed by atoms with Gasteiger partial charge in [0.15, 0.2) is 5.65 Å². The van der Waals surface area contributed by atoms with Crippen molar-refractivity contribution in [1.29, 1.82) is 0 Å². The molecule has 4 heteroatoms. The van der Waals surface area contributed by atoms with E-state index in [0.717, 1.165) is 16.6 Å². The first-order chi connectivity index (χ1) is 6.20. The van der Waals surface area contributed by atoms with Gasteiger partial charge in [0.05, 0.1) is 7.11 Å². The Morgan fingerprint density at radius 1 is 1.46 bits per heavy atom. The van der Waals surface area contributed by atoms with E-state index in [-0.39, 0.29) is 0 Å². The summed E-state index contributed by atoms with van der Waals surface area (Å²) in [5.41, 5.74) is 1.76. The first-order valence-electron chi connectivity index (χ1n) is 4.05. The third-order valence-electron chi connectivity index (χ3n) is 1.95. The Labute approximate surface area is 76.1 Å². The van der Waals surface area contributed by atoms with Crippen LogP contribution in [0.25, 0.3) is 11.0 Å². The van der Waals surface area contributed by atoms with Gasteiger partial charge in [-0.25, -0.2) is 0 Å². The molecule has 13 heavy (non-hydrogen) atoms. The molecule has 4 nitrogen and oxygen atoms in total. The van der Waals surface area contributed by atoms with Gasteiger partial charge in [-0.15, -0.1) is 0 Å². The van der Waals surface area contributed by atoms with Gasteiger partial charge in [-0.1, -0.05) is 0 Å². The van der Waals surface area contributed by atoms with E-state index in [0.29, 0.717) is 5.88 Å².